The number of pyridine rings is 1. The lowest BCUT2D eigenvalue weighted by molar-refractivity contribution is -0.137. The Morgan fingerprint density at radius 2 is 1.95 bits per heavy atom. The van der Waals surface area contributed by atoms with Crippen LogP contribution in [0.1, 0.15) is 11.1 Å². The van der Waals surface area contributed by atoms with Crippen LogP contribution in [0.5, 0.6) is 0 Å². The molecular formula is C13H7ClF3N3. The summed E-state index contributed by atoms with van der Waals surface area (Å²) in [6.07, 6.45) is -3.03. The Hall–Kier alpha value is -2.26. The van der Waals surface area contributed by atoms with E-state index in [4.69, 9.17) is 16.9 Å². The molecule has 0 saturated heterocycles. The number of benzene rings is 1. The first-order valence-electron chi connectivity index (χ1n) is 5.40. The molecule has 7 heteroatoms. The molecule has 0 saturated carbocycles. The second-order valence-electron chi connectivity index (χ2n) is 3.86. The van der Waals surface area contributed by atoms with Crippen molar-refractivity contribution in [3.05, 3.63) is 52.7 Å². The van der Waals surface area contributed by atoms with E-state index in [0.29, 0.717) is 11.4 Å². The van der Waals surface area contributed by atoms with Gasteiger partial charge in [-0.15, -0.1) is 0 Å². The summed E-state index contributed by atoms with van der Waals surface area (Å²) in [6, 6.07) is 7.88. The molecule has 1 N–H and O–H groups in total. The fourth-order valence-electron chi connectivity index (χ4n) is 1.50. The van der Waals surface area contributed by atoms with Gasteiger partial charge in [0.15, 0.2) is 0 Å². The predicted octanol–water partition coefficient (Wildman–Crippen LogP) is 4.37. The Kier molecular flexibility index (Phi) is 3.81. The first-order chi connectivity index (χ1) is 9.40. The van der Waals surface area contributed by atoms with Gasteiger partial charge in [0.25, 0.3) is 0 Å². The molecule has 1 heterocycles. The van der Waals surface area contributed by atoms with Gasteiger partial charge in [-0.3, -0.25) is 0 Å². The van der Waals surface area contributed by atoms with Crippen LogP contribution in [0, 0.1) is 11.3 Å². The highest BCUT2D eigenvalue weighted by Crippen LogP contribution is 2.34. The third-order valence-corrected chi connectivity index (χ3v) is 2.76. The summed E-state index contributed by atoms with van der Waals surface area (Å²) in [5.41, 5.74) is -0.167. The number of nitrogens with one attached hydrogen (secondary N) is 1. The maximum Gasteiger partial charge on any atom is 0.416 e. The van der Waals surface area contributed by atoms with Crippen LogP contribution in [0.2, 0.25) is 5.02 Å². The first kappa shape index (κ1) is 14.2. The summed E-state index contributed by atoms with van der Waals surface area (Å²) in [6.45, 7) is 0. The lowest BCUT2D eigenvalue weighted by Gasteiger charge is -2.11. The average molecular weight is 298 g/mol. The third-order valence-electron chi connectivity index (χ3n) is 2.45. The molecule has 1 aromatic heterocycles. The minimum Gasteiger partial charge on any atom is -0.339 e. The highest BCUT2D eigenvalue weighted by atomic mass is 35.5. The molecule has 3 nitrogen and oxygen atoms in total. The molecule has 0 atom stereocenters. The highest BCUT2D eigenvalue weighted by molar-refractivity contribution is 6.33. The van der Waals surface area contributed by atoms with Crippen LogP contribution < -0.4 is 5.32 Å². The zero-order chi connectivity index (χ0) is 14.8. The number of nitriles is 1. The minimum absolute atomic E-state index is 0.0796. The third kappa shape index (κ3) is 3.19. The van der Waals surface area contributed by atoms with Crippen LogP contribution in [0.3, 0.4) is 0 Å². The normalized spacial score (nSPS) is 10.9. The van der Waals surface area contributed by atoms with Crippen molar-refractivity contribution in [3.63, 3.8) is 0 Å². The quantitative estimate of drug-likeness (QED) is 0.895. The van der Waals surface area contributed by atoms with Gasteiger partial charge in [0.1, 0.15) is 5.82 Å². The maximum atomic E-state index is 12.5. The number of halogens is 4. The summed E-state index contributed by atoms with van der Waals surface area (Å²) in [5.74, 6) is 0.325. The van der Waals surface area contributed by atoms with Crippen LogP contribution in [0.25, 0.3) is 0 Å². The lowest BCUT2D eigenvalue weighted by atomic mass is 10.2. The van der Waals surface area contributed by atoms with Crippen LogP contribution in [0.4, 0.5) is 24.7 Å². The van der Waals surface area contributed by atoms with E-state index in [2.05, 4.69) is 10.3 Å². The van der Waals surface area contributed by atoms with Crippen molar-refractivity contribution >= 4 is 23.1 Å². The van der Waals surface area contributed by atoms with Crippen molar-refractivity contribution in [1.82, 2.24) is 4.98 Å². The average Bonchev–Trinajstić information content (AvgIpc) is 2.40. The van der Waals surface area contributed by atoms with Gasteiger partial charge in [-0.1, -0.05) is 11.6 Å². The van der Waals surface area contributed by atoms with E-state index in [1.165, 1.54) is 24.4 Å². The standard InChI is InChI=1S/C13H7ClF3N3/c14-10-6-9(13(15,16)17)1-2-11(10)20-12-5-8(7-18)3-4-19-12/h1-6H,(H,19,20). The summed E-state index contributed by atoms with van der Waals surface area (Å²) < 4.78 is 37.5. The molecule has 2 aromatic rings. The Labute approximate surface area is 117 Å². The number of hydrogen-bond acceptors (Lipinski definition) is 3. The van der Waals surface area contributed by atoms with E-state index < -0.39 is 11.7 Å². The van der Waals surface area contributed by atoms with Crippen molar-refractivity contribution in [2.75, 3.05) is 5.32 Å². The maximum absolute atomic E-state index is 12.5. The van der Waals surface area contributed by atoms with E-state index >= 15 is 0 Å². The van der Waals surface area contributed by atoms with Crippen LogP contribution in [-0.4, -0.2) is 4.98 Å². The van der Waals surface area contributed by atoms with Crippen molar-refractivity contribution in [3.8, 4) is 6.07 Å². The van der Waals surface area contributed by atoms with Gasteiger partial charge in [-0.2, -0.15) is 18.4 Å². The predicted molar refractivity (Wildman–Crippen MR) is 68.7 cm³/mol. The minimum atomic E-state index is -4.44. The molecule has 0 aliphatic heterocycles. The van der Waals surface area contributed by atoms with E-state index in [1.54, 1.807) is 0 Å². The van der Waals surface area contributed by atoms with Crippen LogP contribution >= 0.6 is 11.6 Å². The molecule has 2 rings (SSSR count). The fourth-order valence-corrected chi connectivity index (χ4v) is 1.73. The molecule has 0 spiro atoms. The second-order valence-corrected chi connectivity index (χ2v) is 4.27. The van der Waals surface area contributed by atoms with Crippen LogP contribution in [-0.2, 0) is 6.18 Å². The fraction of sp³-hybridized carbons (Fsp3) is 0.0769. The molecule has 0 aliphatic rings. The number of hydrogen-bond donors (Lipinski definition) is 1. The zero-order valence-corrected chi connectivity index (χ0v) is 10.6. The molecule has 102 valence electrons. The Morgan fingerprint density at radius 1 is 1.20 bits per heavy atom. The molecular weight excluding hydrogens is 291 g/mol. The van der Waals surface area contributed by atoms with Gasteiger partial charge in [0.2, 0.25) is 0 Å². The largest absolute Gasteiger partial charge is 0.416 e. The monoisotopic (exact) mass is 297 g/mol. The topological polar surface area (TPSA) is 48.7 Å². The van der Waals surface area contributed by atoms with Crippen molar-refractivity contribution in [2.45, 2.75) is 6.18 Å². The van der Waals surface area contributed by atoms with Gasteiger partial charge < -0.3 is 5.32 Å². The van der Waals surface area contributed by atoms with Crippen molar-refractivity contribution in [1.29, 1.82) is 5.26 Å². The van der Waals surface area contributed by atoms with Gasteiger partial charge in [0, 0.05) is 6.20 Å². The molecule has 20 heavy (non-hydrogen) atoms. The highest BCUT2D eigenvalue weighted by Gasteiger charge is 2.30. The molecule has 0 amide bonds. The molecule has 0 radical (unpaired) electrons. The zero-order valence-electron chi connectivity index (χ0n) is 9.87. The summed E-state index contributed by atoms with van der Waals surface area (Å²) in [5, 5.41) is 11.4. The second kappa shape index (κ2) is 5.39. The molecule has 0 bridgehead atoms. The number of rotatable bonds is 2. The molecule has 0 aliphatic carbocycles. The van der Waals surface area contributed by atoms with Gasteiger partial charge in [-0.25, -0.2) is 4.98 Å². The van der Waals surface area contributed by atoms with Gasteiger partial charge >= 0.3 is 6.18 Å². The molecule has 0 unspecified atom stereocenters. The Balaban J connectivity index is 2.28. The van der Waals surface area contributed by atoms with Crippen molar-refractivity contribution in [2.24, 2.45) is 0 Å². The molecule has 0 fully saturated rings. The summed E-state index contributed by atoms with van der Waals surface area (Å²) in [4.78, 5) is 3.95. The number of alkyl halides is 3. The van der Waals surface area contributed by atoms with E-state index in [1.807, 2.05) is 6.07 Å². The number of aromatic nitrogens is 1. The van der Waals surface area contributed by atoms with E-state index in [9.17, 15) is 13.2 Å². The van der Waals surface area contributed by atoms with E-state index in [0.717, 1.165) is 12.1 Å². The van der Waals surface area contributed by atoms with Crippen molar-refractivity contribution < 1.29 is 13.2 Å². The smallest absolute Gasteiger partial charge is 0.339 e. The SMILES string of the molecule is N#Cc1ccnc(Nc2ccc(C(F)(F)F)cc2Cl)c1. The number of anilines is 2. The van der Waals surface area contributed by atoms with Crippen LogP contribution in [0.15, 0.2) is 36.5 Å². The van der Waals surface area contributed by atoms with Gasteiger partial charge in [-0.05, 0) is 30.3 Å². The molecule has 1 aromatic carbocycles. The van der Waals surface area contributed by atoms with Gasteiger partial charge in [0.05, 0.1) is 27.9 Å². The summed E-state index contributed by atoms with van der Waals surface area (Å²) >= 11 is 5.80. The Bertz CT molecular complexity index is 677. The van der Waals surface area contributed by atoms with E-state index in [-0.39, 0.29) is 10.7 Å². The summed E-state index contributed by atoms with van der Waals surface area (Å²) in [7, 11) is 0. The Morgan fingerprint density at radius 3 is 2.55 bits per heavy atom. The lowest BCUT2D eigenvalue weighted by Crippen LogP contribution is -2.05. The first-order valence-corrected chi connectivity index (χ1v) is 5.78. The number of nitrogens with zero attached hydrogens (tertiary/aromatic N) is 2.